The molecule has 0 bridgehead atoms. The first kappa shape index (κ1) is 21.9. The van der Waals surface area contributed by atoms with Gasteiger partial charge >= 0.3 is 0 Å². The first-order valence-corrected chi connectivity index (χ1v) is 10.5. The van der Waals surface area contributed by atoms with E-state index in [2.05, 4.69) is 9.97 Å². The first-order valence-electron chi connectivity index (χ1n) is 8.23. The van der Waals surface area contributed by atoms with Gasteiger partial charge in [0.05, 0.1) is 30.4 Å². The second-order valence-electron chi connectivity index (χ2n) is 5.97. The van der Waals surface area contributed by atoms with Crippen LogP contribution < -0.4 is 15.3 Å². The molecule has 0 fully saturated rings. The number of amides is 1. The largest absolute Gasteiger partial charge is 0.481 e. The third-order valence-corrected chi connectivity index (χ3v) is 6.63. The molecule has 1 aromatic carbocycles. The molecular weight excluding hydrogens is 404 g/mol. The summed E-state index contributed by atoms with van der Waals surface area (Å²) in [5, 5.41) is -0.644. The molecular formula is C17H22N4O5S2. The highest BCUT2D eigenvalue weighted by Crippen LogP contribution is 2.30. The van der Waals surface area contributed by atoms with E-state index in [9.17, 15) is 13.2 Å². The molecule has 1 heterocycles. The van der Waals surface area contributed by atoms with E-state index in [-0.39, 0.29) is 32.1 Å². The number of nitrogens with zero attached hydrogens (tertiary/aromatic N) is 3. The number of hydrazine groups is 1. The van der Waals surface area contributed by atoms with Gasteiger partial charge in [-0.2, -0.15) is 22.8 Å². The number of benzene rings is 1. The topological polar surface area (TPSA) is 125 Å². The zero-order valence-corrected chi connectivity index (χ0v) is 17.5. The van der Waals surface area contributed by atoms with Crippen molar-refractivity contribution >= 4 is 27.7 Å². The fourth-order valence-electron chi connectivity index (χ4n) is 2.18. The molecule has 1 aromatic heterocycles. The maximum Gasteiger partial charge on any atom is 0.280 e. The molecule has 0 saturated carbocycles. The summed E-state index contributed by atoms with van der Waals surface area (Å²) in [6.07, 6.45) is 0. The van der Waals surface area contributed by atoms with E-state index in [1.54, 1.807) is 32.0 Å². The van der Waals surface area contributed by atoms with E-state index < -0.39 is 21.2 Å². The van der Waals surface area contributed by atoms with E-state index in [0.717, 1.165) is 11.8 Å². The summed E-state index contributed by atoms with van der Waals surface area (Å²) in [5.74, 6) is 5.20. The van der Waals surface area contributed by atoms with E-state index >= 15 is 0 Å². The van der Waals surface area contributed by atoms with Crippen LogP contribution in [0.1, 0.15) is 13.8 Å². The number of thioether (sulfide) groups is 1. The highest BCUT2D eigenvalue weighted by atomic mass is 32.2. The minimum absolute atomic E-state index is 0.0716. The molecule has 152 valence electrons. The van der Waals surface area contributed by atoms with E-state index in [1.807, 2.05) is 0 Å². The van der Waals surface area contributed by atoms with Crippen LogP contribution in [0.25, 0.3) is 0 Å². The minimum atomic E-state index is -4.18. The summed E-state index contributed by atoms with van der Waals surface area (Å²) in [6.45, 7) is 3.55. The van der Waals surface area contributed by atoms with Crippen LogP contribution >= 0.6 is 11.8 Å². The Morgan fingerprint density at radius 3 is 2.11 bits per heavy atom. The summed E-state index contributed by atoms with van der Waals surface area (Å²) in [6, 6.07) is 9.01. The van der Waals surface area contributed by atoms with Crippen molar-refractivity contribution in [2.75, 3.05) is 14.2 Å². The molecule has 1 unspecified atom stereocenters. The molecule has 28 heavy (non-hydrogen) atoms. The lowest BCUT2D eigenvalue weighted by Gasteiger charge is -2.24. The second kappa shape index (κ2) is 9.22. The van der Waals surface area contributed by atoms with Gasteiger partial charge in [-0.15, -0.1) is 0 Å². The molecule has 0 radical (unpaired) electrons. The first-order chi connectivity index (χ1) is 13.2. The number of ether oxygens (including phenoxy) is 2. The molecule has 0 aliphatic carbocycles. The van der Waals surface area contributed by atoms with Crippen molar-refractivity contribution in [3.63, 3.8) is 0 Å². The number of carbonyl (C=O) groups is 1. The van der Waals surface area contributed by atoms with Crippen LogP contribution in [0.15, 0.2) is 46.5 Å². The predicted octanol–water partition coefficient (Wildman–Crippen LogP) is 1.70. The maximum absolute atomic E-state index is 12.9. The second-order valence-corrected chi connectivity index (χ2v) is 8.89. The van der Waals surface area contributed by atoms with Gasteiger partial charge in [-0.05, 0) is 18.1 Å². The molecule has 0 aliphatic rings. The smallest absolute Gasteiger partial charge is 0.280 e. The van der Waals surface area contributed by atoms with Gasteiger partial charge in [0.1, 0.15) is 0 Å². The van der Waals surface area contributed by atoms with Gasteiger partial charge < -0.3 is 9.47 Å². The Bertz CT molecular complexity index is 900. The molecule has 0 saturated heterocycles. The molecule has 0 aliphatic heterocycles. The molecule has 2 aromatic rings. The zero-order chi connectivity index (χ0) is 20.9. The van der Waals surface area contributed by atoms with Crippen LogP contribution in [0, 0.1) is 5.92 Å². The van der Waals surface area contributed by atoms with Crippen molar-refractivity contribution < 1.29 is 22.7 Å². The van der Waals surface area contributed by atoms with E-state index in [1.165, 1.54) is 32.4 Å². The number of sulfonamides is 1. The summed E-state index contributed by atoms with van der Waals surface area (Å²) in [5.41, 5.74) is 0. The molecule has 2 N–H and O–H groups in total. The molecule has 11 heteroatoms. The molecule has 0 spiro atoms. The lowest BCUT2D eigenvalue weighted by molar-refractivity contribution is -0.126. The fraction of sp³-hybridized carbons (Fsp3) is 0.353. The van der Waals surface area contributed by atoms with Crippen LogP contribution in [0.2, 0.25) is 0 Å². The van der Waals surface area contributed by atoms with Crippen molar-refractivity contribution in [3.8, 4) is 11.8 Å². The van der Waals surface area contributed by atoms with Gasteiger partial charge in [0.25, 0.3) is 15.9 Å². The quantitative estimate of drug-likeness (QED) is 0.221. The number of hydrogen-bond acceptors (Lipinski definition) is 9. The summed E-state index contributed by atoms with van der Waals surface area (Å²) in [4.78, 5) is 21.2. The third-order valence-electron chi connectivity index (χ3n) is 3.68. The van der Waals surface area contributed by atoms with Gasteiger partial charge in [0, 0.05) is 0 Å². The highest BCUT2D eigenvalue weighted by Gasteiger charge is 2.35. The SMILES string of the molecule is COc1cc(OC)nc(SC(C(=O)N(N)S(=O)(=O)c2ccccc2)C(C)C)n1. The summed E-state index contributed by atoms with van der Waals surface area (Å²) < 4.78 is 35.8. The Hall–Kier alpha value is -2.37. The van der Waals surface area contributed by atoms with Crippen LogP contribution in [0.4, 0.5) is 0 Å². The molecule has 1 amide bonds. The van der Waals surface area contributed by atoms with Crippen molar-refractivity contribution in [2.45, 2.75) is 29.1 Å². The van der Waals surface area contributed by atoms with Gasteiger partial charge in [-0.1, -0.05) is 43.8 Å². The van der Waals surface area contributed by atoms with Gasteiger partial charge in [-0.3, -0.25) is 4.79 Å². The predicted molar refractivity (Wildman–Crippen MR) is 104 cm³/mol. The van der Waals surface area contributed by atoms with Crippen LogP contribution in [0.5, 0.6) is 11.8 Å². The van der Waals surface area contributed by atoms with E-state index in [4.69, 9.17) is 15.3 Å². The lowest BCUT2D eigenvalue weighted by atomic mass is 10.1. The van der Waals surface area contributed by atoms with Crippen LogP contribution in [-0.2, 0) is 14.8 Å². The van der Waals surface area contributed by atoms with Crippen molar-refractivity contribution in [2.24, 2.45) is 11.8 Å². The molecule has 1 atom stereocenters. The van der Waals surface area contributed by atoms with Crippen molar-refractivity contribution in [1.29, 1.82) is 0 Å². The number of methoxy groups -OCH3 is 2. The van der Waals surface area contributed by atoms with Crippen LogP contribution in [0.3, 0.4) is 0 Å². The fourth-order valence-corrected chi connectivity index (χ4v) is 4.33. The van der Waals surface area contributed by atoms with Gasteiger partial charge in [0.2, 0.25) is 11.8 Å². The van der Waals surface area contributed by atoms with Crippen LogP contribution in [-0.4, -0.2) is 48.2 Å². The summed E-state index contributed by atoms with van der Waals surface area (Å²) >= 11 is 0.986. The van der Waals surface area contributed by atoms with E-state index in [0.29, 0.717) is 0 Å². The number of rotatable bonds is 8. The third kappa shape index (κ3) is 4.91. The Morgan fingerprint density at radius 2 is 1.64 bits per heavy atom. The lowest BCUT2D eigenvalue weighted by Crippen LogP contribution is -2.48. The maximum atomic E-state index is 12.9. The zero-order valence-electron chi connectivity index (χ0n) is 15.9. The molecule has 9 nitrogen and oxygen atoms in total. The Morgan fingerprint density at radius 1 is 1.11 bits per heavy atom. The molecule has 2 rings (SSSR count). The highest BCUT2D eigenvalue weighted by molar-refractivity contribution is 8.00. The number of aromatic nitrogens is 2. The van der Waals surface area contributed by atoms with Gasteiger partial charge in [-0.25, -0.2) is 5.84 Å². The summed E-state index contributed by atoms with van der Waals surface area (Å²) in [7, 11) is -1.30. The van der Waals surface area contributed by atoms with Crippen molar-refractivity contribution in [3.05, 3.63) is 36.4 Å². The average Bonchev–Trinajstić information content (AvgIpc) is 2.70. The Labute approximate surface area is 168 Å². The van der Waals surface area contributed by atoms with Crippen molar-refractivity contribution in [1.82, 2.24) is 14.4 Å². The monoisotopic (exact) mass is 426 g/mol. The standard InChI is InChI=1S/C17H22N4O5S2/c1-11(2)15(27-17-19-13(25-3)10-14(20-17)26-4)16(22)21(18)28(23,24)12-8-6-5-7-9-12/h5-11,15H,18H2,1-4H3. The Kier molecular flexibility index (Phi) is 7.22. The number of hydrogen-bond donors (Lipinski definition) is 1. The average molecular weight is 427 g/mol. The number of carbonyl (C=O) groups excluding carboxylic acids is 1. The normalized spacial score (nSPS) is 12.5. The Balaban J connectivity index is 2.32. The van der Waals surface area contributed by atoms with Gasteiger partial charge in [0.15, 0.2) is 5.16 Å². The minimum Gasteiger partial charge on any atom is -0.481 e. The number of nitrogens with two attached hydrogens (primary N) is 1.